The molecule has 0 aliphatic heterocycles. The minimum absolute atomic E-state index is 0.864. The Morgan fingerprint density at radius 2 is 0.980 bits per heavy atom. The van der Waals surface area contributed by atoms with Crippen LogP contribution in [-0.4, -0.2) is 0 Å². The fraction of sp³-hybridized carbons (Fsp3) is 0. The number of nitrogens with zero attached hydrogens (tertiary/aromatic N) is 1. The summed E-state index contributed by atoms with van der Waals surface area (Å²) >= 11 is 0. The van der Waals surface area contributed by atoms with E-state index < -0.39 is 0 Å². The van der Waals surface area contributed by atoms with Crippen LogP contribution in [0.4, 0.5) is 17.1 Å². The molecule has 0 saturated carbocycles. The van der Waals surface area contributed by atoms with Gasteiger partial charge in [-0.05, 0) is 91.5 Å². The molecule has 0 aliphatic carbocycles. The summed E-state index contributed by atoms with van der Waals surface area (Å²) in [5.41, 5.74) is 9.56. The molecule has 0 N–H and O–H groups in total. The third-order valence-corrected chi connectivity index (χ3v) is 10.0. The van der Waals surface area contributed by atoms with Gasteiger partial charge < -0.3 is 9.32 Å². The van der Waals surface area contributed by atoms with E-state index in [1.165, 1.54) is 43.4 Å². The lowest BCUT2D eigenvalue weighted by atomic mass is 9.92. The van der Waals surface area contributed by atoms with Crippen LogP contribution in [0.1, 0.15) is 0 Å². The highest BCUT2D eigenvalue weighted by atomic mass is 16.3. The second-order valence-electron chi connectivity index (χ2n) is 12.9. The van der Waals surface area contributed by atoms with Crippen LogP contribution in [-0.2, 0) is 0 Å². The van der Waals surface area contributed by atoms with Crippen molar-refractivity contribution in [2.24, 2.45) is 0 Å². The smallest absolute Gasteiger partial charge is 0.159 e. The van der Waals surface area contributed by atoms with Crippen molar-refractivity contribution in [2.45, 2.75) is 0 Å². The highest BCUT2D eigenvalue weighted by Gasteiger charge is 2.23. The second-order valence-corrected chi connectivity index (χ2v) is 12.9. The third-order valence-electron chi connectivity index (χ3n) is 10.0. The molecule has 9 aromatic carbocycles. The lowest BCUT2D eigenvalue weighted by molar-refractivity contribution is 0.669. The Balaban J connectivity index is 1.25. The third kappa shape index (κ3) is 4.57. The Kier molecular flexibility index (Phi) is 6.53. The summed E-state index contributed by atoms with van der Waals surface area (Å²) in [5.74, 6) is 0. The maximum absolute atomic E-state index is 6.70. The van der Waals surface area contributed by atoms with Crippen molar-refractivity contribution < 1.29 is 4.42 Å². The summed E-state index contributed by atoms with van der Waals surface area (Å²) in [6, 6.07) is 67.5. The summed E-state index contributed by atoms with van der Waals surface area (Å²) in [5, 5.41) is 9.64. The first-order valence-electron chi connectivity index (χ1n) is 17.1. The first-order valence-corrected chi connectivity index (χ1v) is 17.1. The first-order chi connectivity index (χ1) is 24.8. The van der Waals surface area contributed by atoms with Crippen molar-refractivity contribution >= 4 is 71.3 Å². The van der Waals surface area contributed by atoms with E-state index in [9.17, 15) is 0 Å². The molecule has 0 saturated heterocycles. The number of fused-ring (bicyclic) bond motifs is 7. The van der Waals surface area contributed by atoms with E-state index in [0.717, 1.165) is 50.1 Å². The van der Waals surface area contributed by atoms with Gasteiger partial charge in [-0.15, -0.1) is 0 Å². The average Bonchev–Trinajstić information content (AvgIpc) is 3.57. The Hall–Kier alpha value is -6.64. The summed E-state index contributed by atoms with van der Waals surface area (Å²) in [6.45, 7) is 0. The van der Waals surface area contributed by atoms with Crippen molar-refractivity contribution in [3.8, 4) is 22.3 Å². The van der Waals surface area contributed by atoms with Crippen LogP contribution >= 0.6 is 0 Å². The molecule has 10 aromatic rings. The molecule has 2 heteroatoms. The summed E-state index contributed by atoms with van der Waals surface area (Å²) in [7, 11) is 0. The molecule has 234 valence electrons. The zero-order valence-electron chi connectivity index (χ0n) is 27.3. The molecule has 0 unspecified atom stereocenters. The van der Waals surface area contributed by atoms with Crippen molar-refractivity contribution in [2.75, 3.05) is 4.90 Å². The van der Waals surface area contributed by atoms with Crippen LogP contribution in [0.2, 0.25) is 0 Å². The average molecular weight is 638 g/mol. The van der Waals surface area contributed by atoms with Gasteiger partial charge >= 0.3 is 0 Å². The SMILES string of the molecule is c1cc(-c2ccc3ccccc3c2)cc(N(c2ccccc2-c2cc3ccccc3c3ccccc23)c2cccc3c2oc2ccccc23)c1. The number of anilines is 3. The van der Waals surface area contributed by atoms with Crippen molar-refractivity contribution in [1.29, 1.82) is 0 Å². The lowest BCUT2D eigenvalue weighted by Gasteiger charge is -2.28. The molecule has 10 rings (SSSR count). The minimum Gasteiger partial charge on any atom is -0.454 e. The van der Waals surface area contributed by atoms with Gasteiger partial charge in [0.2, 0.25) is 0 Å². The van der Waals surface area contributed by atoms with Crippen LogP contribution in [0.3, 0.4) is 0 Å². The number of rotatable bonds is 5. The molecule has 0 fully saturated rings. The Labute approximate surface area is 290 Å². The largest absolute Gasteiger partial charge is 0.454 e. The molecule has 0 radical (unpaired) electrons. The number of hydrogen-bond acceptors (Lipinski definition) is 2. The van der Waals surface area contributed by atoms with E-state index in [2.05, 4.69) is 187 Å². The van der Waals surface area contributed by atoms with Crippen molar-refractivity contribution in [3.63, 3.8) is 0 Å². The van der Waals surface area contributed by atoms with Gasteiger partial charge in [-0.3, -0.25) is 0 Å². The van der Waals surface area contributed by atoms with Crippen LogP contribution in [0, 0.1) is 0 Å². The standard InChI is InChI=1S/C48H31NO/c1-2-14-33-29-35(28-27-32(33)13-1)34-16-11-17-37(30-34)49(46-25-12-23-43-42-22-8-10-26-47(42)50-48(43)46)45-24-9-7-21-41(45)44-31-36-15-3-4-18-38(36)39-19-5-6-20-40(39)44/h1-31H. The van der Waals surface area contributed by atoms with Gasteiger partial charge in [-0.1, -0.05) is 146 Å². The first kappa shape index (κ1) is 28.4. The van der Waals surface area contributed by atoms with Crippen LogP contribution < -0.4 is 4.90 Å². The van der Waals surface area contributed by atoms with Crippen molar-refractivity contribution in [3.05, 3.63) is 188 Å². The molecule has 0 bridgehead atoms. The van der Waals surface area contributed by atoms with Crippen LogP contribution in [0.5, 0.6) is 0 Å². The molecule has 50 heavy (non-hydrogen) atoms. The van der Waals surface area contributed by atoms with Gasteiger partial charge in [0.1, 0.15) is 5.58 Å². The molecule has 1 aromatic heterocycles. The molecule has 0 aliphatic rings. The zero-order chi connectivity index (χ0) is 33.0. The van der Waals surface area contributed by atoms with Gasteiger partial charge in [0.05, 0.1) is 11.4 Å². The number of benzene rings is 9. The molecular formula is C48H31NO. The molecule has 0 atom stereocenters. The van der Waals surface area contributed by atoms with Crippen LogP contribution in [0.25, 0.3) is 76.5 Å². The number of para-hydroxylation sites is 3. The van der Waals surface area contributed by atoms with E-state index in [1.807, 2.05) is 6.07 Å². The van der Waals surface area contributed by atoms with E-state index in [-0.39, 0.29) is 0 Å². The number of furan rings is 1. The van der Waals surface area contributed by atoms with Crippen molar-refractivity contribution in [1.82, 2.24) is 0 Å². The normalized spacial score (nSPS) is 11.6. The predicted octanol–water partition coefficient (Wildman–Crippen LogP) is 13.8. The van der Waals surface area contributed by atoms with Gasteiger partial charge in [-0.2, -0.15) is 0 Å². The number of hydrogen-bond donors (Lipinski definition) is 0. The van der Waals surface area contributed by atoms with Gasteiger partial charge in [0.25, 0.3) is 0 Å². The summed E-state index contributed by atoms with van der Waals surface area (Å²) < 4.78 is 6.70. The fourth-order valence-electron chi connectivity index (χ4n) is 7.68. The maximum atomic E-state index is 6.70. The molecule has 1 heterocycles. The maximum Gasteiger partial charge on any atom is 0.159 e. The van der Waals surface area contributed by atoms with Gasteiger partial charge in [-0.25, -0.2) is 0 Å². The second kappa shape index (κ2) is 11.5. The van der Waals surface area contributed by atoms with Crippen LogP contribution in [0.15, 0.2) is 192 Å². The molecule has 0 amide bonds. The Bertz CT molecular complexity index is 2900. The van der Waals surface area contributed by atoms with Gasteiger partial charge in [0.15, 0.2) is 5.58 Å². The van der Waals surface area contributed by atoms with E-state index in [4.69, 9.17) is 4.42 Å². The monoisotopic (exact) mass is 637 g/mol. The Morgan fingerprint density at radius 3 is 1.88 bits per heavy atom. The van der Waals surface area contributed by atoms with E-state index in [1.54, 1.807) is 0 Å². The fourth-order valence-corrected chi connectivity index (χ4v) is 7.68. The van der Waals surface area contributed by atoms with E-state index in [0.29, 0.717) is 0 Å². The highest BCUT2D eigenvalue weighted by molar-refractivity contribution is 6.16. The van der Waals surface area contributed by atoms with Gasteiger partial charge in [0, 0.05) is 22.0 Å². The topological polar surface area (TPSA) is 16.4 Å². The molecule has 0 spiro atoms. The summed E-state index contributed by atoms with van der Waals surface area (Å²) in [6.07, 6.45) is 0. The Morgan fingerprint density at radius 1 is 0.340 bits per heavy atom. The highest BCUT2D eigenvalue weighted by Crippen LogP contribution is 2.47. The molecule has 2 nitrogen and oxygen atoms in total. The molecular weight excluding hydrogens is 607 g/mol. The minimum atomic E-state index is 0.864. The van der Waals surface area contributed by atoms with E-state index >= 15 is 0 Å². The quantitative estimate of drug-likeness (QED) is 0.175. The lowest BCUT2D eigenvalue weighted by Crippen LogP contribution is -2.11. The summed E-state index contributed by atoms with van der Waals surface area (Å²) in [4.78, 5) is 2.38. The predicted molar refractivity (Wildman–Crippen MR) is 212 cm³/mol. The zero-order valence-corrected chi connectivity index (χ0v) is 27.3.